The number of nitrogens with zero attached hydrogens (tertiary/aromatic N) is 1. The lowest BCUT2D eigenvalue weighted by Gasteiger charge is -2.20. The monoisotopic (exact) mass is 304 g/mol. The Morgan fingerprint density at radius 3 is 2.52 bits per heavy atom. The van der Waals surface area contributed by atoms with Crippen LogP contribution in [0.3, 0.4) is 0 Å². The molecule has 0 saturated carbocycles. The number of hydrogen-bond donors (Lipinski definition) is 3. The van der Waals surface area contributed by atoms with Gasteiger partial charge in [-0.3, -0.25) is 4.79 Å². The minimum absolute atomic E-state index is 0.258. The number of amides is 1. The maximum atomic E-state index is 11.6. The molecule has 1 amide bonds. The summed E-state index contributed by atoms with van der Waals surface area (Å²) in [4.78, 5) is 13.5. The molecule has 21 heavy (non-hydrogen) atoms. The maximum absolute atomic E-state index is 11.6. The second-order valence-corrected chi connectivity index (χ2v) is 5.23. The molecule has 0 bridgehead atoms. The van der Waals surface area contributed by atoms with Crippen molar-refractivity contribution >= 4 is 40.3 Å². The van der Waals surface area contributed by atoms with Crippen LogP contribution in [0.15, 0.2) is 36.4 Å². The largest absolute Gasteiger partial charge is 0.399 e. The third-order valence-electron chi connectivity index (χ3n) is 3.02. The van der Waals surface area contributed by atoms with Gasteiger partial charge in [0.25, 0.3) is 5.91 Å². The van der Waals surface area contributed by atoms with Crippen molar-refractivity contribution in [2.45, 2.75) is 0 Å². The quantitative estimate of drug-likeness (QED) is 0.758. The molecule has 110 valence electrons. The Labute approximate surface area is 128 Å². The number of para-hydroxylation sites is 2. The SMILES string of the molecule is CN(C)c1ccccc1Nc1c(Cl)cc(N)cc1C(N)=O. The molecule has 0 atom stereocenters. The summed E-state index contributed by atoms with van der Waals surface area (Å²) in [6.45, 7) is 0. The number of rotatable bonds is 4. The average Bonchev–Trinajstić information content (AvgIpc) is 2.41. The third-order valence-corrected chi connectivity index (χ3v) is 3.32. The van der Waals surface area contributed by atoms with Gasteiger partial charge in [0.05, 0.1) is 27.6 Å². The van der Waals surface area contributed by atoms with Crippen LogP contribution in [0.5, 0.6) is 0 Å². The van der Waals surface area contributed by atoms with E-state index in [2.05, 4.69) is 5.32 Å². The van der Waals surface area contributed by atoms with E-state index in [-0.39, 0.29) is 5.56 Å². The Morgan fingerprint density at radius 1 is 1.24 bits per heavy atom. The van der Waals surface area contributed by atoms with Gasteiger partial charge in [-0.05, 0) is 24.3 Å². The van der Waals surface area contributed by atoms with Gasteiger partial charge < -0.3 is 21.7 Å². The molecule has 5 nitrogen and oxygen atoms in total. The van der Waals surface area contributed by atoms with E-state index >= 15 is 0 Å². The number of nitrogens with two attached hydrogens (primary N) is 2. The second kappa shape index (κ2) is 5.93. The Hall–Kier alpha value is -2.40. The van der Waals surface area contributed by atoms with Crippen LogP contribution in [0.2, 0.25) is 5.02 Å². The van der Waals surface area contributed by atoms with Gasteiger partial charge in [0, 0.05) is 19.8 Å². The molecule has 0 fully saturated rings. The van der Waals surface area contributed by atoms with E-state index in [0.29, 0.717) is 16.4 Å². The van der Waals surface area contributed by atoms with Crippen molar-refractivity contribution in [3.05, 3.63) is 47.0 Å². The van der Waals surface area contributed by atoms with Crippen molar-refractivity contribution in [3.8, 4) is 0 Å². The third kappa shape index (κ3) is 3.20. The summed E-state index contributed by atoms with van der Waals surface area (Å²) in [5.74, 6) is -0.589. The lowest BCUT2D eigenvalue weighted by molar-refractivity contribution is 0.100. The molecule has 0 unspecified atom stereocenters. The number of benzene rings is 2. The molecule has 0 spiro atoms. The smallest absolute Gasteiger partial charge is 0.250 e. The zero-order chi connectivity index (χ0) is 15.6. The van der Waals surface area contributed by atoms with Crippen molar-refractivity contribution < 1.29 is 4.79 Å². The highest BCUT2D eigenvalue weighted by molar-refractivity contribution is 6.34. The number of anilines is 4. The van der Waals surface area contributed by atoms with Gasteiger partial charge in [0.1, 0.15) is 0 Å². The van der Waals surface area contributed by atoms with Crippen molar-refractivity contribution in [2.75, 3.05) is 30.0 Å². The molecule has 0 aromatic heterocycles. The topological polar surface area (TPSA) is 84.4 Å². The molecule has 2 aromatic carbocycles. The fraction of sp³-hybridized carbons (Fsp3) is 0.133. The number of carbonyl (C=O) groups excluding carboxylic acids is 1. The van der Waals surface area contributed by atoms with Gasteiger partial charge in [-0.25, -0.2) is 0 Å². The first-order valence-corrected chi connectivity index (χ1v) is 6.70. The molecule has 0 saturated heterocycles. The van der Waals surface area contributed by atoms with Gasteiger partial charge >= 0.3 is 0 Å². The number of halogens is 1. The predicted molar refractivity (Wildman–Crippen MR) is 88.4 cm³/mol. The van der Waals surface area contributed by atoms with Crippen molar-refractivity contribution in [3.63, 3.8) is 0 Å². The highest BCUT2D eigenvalue weighted by Gasteiger charge is 2.15. The van der Waals surface area contributed by atoms with Gasteiger partial charge in [-0.1, -0.05) is 23.7 Å². The highest BCUT2D eigenvalue weighted by Crippen LogP contribution is 2.34. The van der Waals surface area contributed by atoms with Gasteiger partial charge in [-0.2, -0.15) is 0 Å². The van der Waals surface area contributed by atoms with Crippen LogP contribution in [0.1, 0.15) is 10.4 Å². The van der Waals surface area contributed by atoms with Crippen LogP contribution in [0.25, 0.3) is 0 Å². The summed E-state index contributed by atoms with van der Waals surface area (Å²) in [6.07, 6.45) is 0. The number of nitrogens with one attached hydrogen (secondary N) is 1. The van der Waals surface area contributed by atoms with Crippen LogP contribution in [-0.4, -0.2) is 20.0 Å². The first-order valence-electron chi connectivity index (χ1n) is 6.32. The Kier molecular flexibility index (Phi) is 4.23. The van der Waals surface area contributed by atoms with Crippen LogP contribution >= 0.6 is 11.6 Å². The summed E-state index contributed by atoms with van der Waals surface area (Å²) >= 11 is 6.20. The van der Waals surface area contributed by atoms with E-state index in [0.717, 1.165) is 11.4 Å². The molecule has 0 radical (unpaired) electrons. The zero-order valence-electron chi connectivity index (χ0n) is 11.9. The fourth-order valence-electron chi connectivity index (χ4n) is 2.05. The Bertz CT molecular complexity index is 685. The van der Waals surface area contributed by atoms with E-state index < -0.39 is 5.91 Å². The molecule has 0 aliphatic heterocycles. The molecular formula is C15H17ClN4O. The van der Waals surface area contributed by atoms with Crippen LogP contribution in [0, 0.1) is 0 Å². The highest BCUT2D eigenvalue weighted by atomic mass is 35.5. The standard InChI is InChI=1S/C15H17ClN4O/c1-20(2)13-6-4-3-5-12(13)19-14-10(15(18)21)7-9(17)8-11(14)16/h3-8,19H,17H2,1-2H3,(H2,18,21). The van der Waals surface area contributed by atoms with Crippen molar-refractivity contribution in [2.24, 2.45) is 5.73 Å². The average molecular weight is 305 g/mol. The van der Waals surface area contributed by atoms with Crippen LogP contribution < -0.4 is 21.7 Å². The van der Waals surface area contributed by atoms with E-state index in [1.54, 1.807) is 6.07 Å². The first kappa shape index (κ1) is 15.0. The fourth-order valence-corrected chi connectivity index (χ4v) is 2.33. The van der Waals surface area contributed by atoms with Crippen molar-refractivity contribution in [1.29, 1.82) is 0 Å². The summed E-state index contributed by atoms with van der Waals surface area (Å²) < 4.78 is 0. The van der Waals surface area contributed by atoms with E-state index in [9.17, 15) is 4.79 Å². The molecule has 2 rings (SSSR count). The lowest BCUT2D eigenvalue weighted by Crippen LogP contribution is -2.15. The van der Waals surface area contributed by atoms with E-state index in [1.807, 2.05) is 43.3 Å². The van der Waals surface area contributed by atoms with Crippen molar-refractivity contribution in [1.82, 2.24) is 0 Å². The normalized spacial score (nSPS) is 10.2. The Balaban J connectivity index is 2.52. The molecule has 2 aromatic rings. The number of nitrogen functional groups attached to an aromatic ring is 1. The summed E-state index contributed by atoms with van der Waals surface area (Å²) in [7, 11) is 3.86. The zero-order valence-corrected chi connectivity index (χ0v) is 12.6. The maximum Gasteiger partial charge on any atom is 0.250 e. The number of carbonyl (C=O) groups is 1. The summed E-state index contributed by atoms with van der Waals surface area (Å²) in [5.41, 5.74) is 14.0. The molecule has 0 heterocycles. The van der Waals surface area contributed by atoms with Gasteiger partial charge in [-0.15, -0.1) is 0 Å². The molecule has 0 aliphatic rings. The Morgan fingerprint density at radius 2 is 1.90 bits per heavy atom. The van der Waals surface area contributed by atoms with Gasteiger partial charge in [0.2, 0.25) is 0 Å². The summed E-state index contributed by atoms with van der Waals surface area (Å²) in [5, 5.41) is 3.51. The predicted octanol–water partition coefficient (Wildman–Crippen LogP) is 2.83. The summed E-state index contributed by atoms with van der Waals surface area (Å²) in [6, 6.07) is 10.8. The van der Waals surface area contributed by atoms with E-state index in [1.165, 1.54) is 6.07 Å². The molecule has 0 aliphatic carbocycles. The van der Waals surface area contributed by atoms with Gasteiger partial charge in [0.15, 0.2) is 0 Å². The lowest BCUT2D eigenvalue weighted by atomic mass is 10.1. The van der Waals surface area contributed by atoms with Crippen LogP contribution in [-0.2, 0) is 0 Å². The molecule has 5 N–H and O–H groups in total. The second-order valence-electron chi connectivity index (χ2n) is 4.83. The van der Waals surface area contributed by atoms with E-state index in [4.69, 9.17) is 23.1 Å². The first-order chi connectivity index (χ1) is 9.90. The minimum Gasteiger partial charge on any atom is -0.399 e. The number of hydrogen-bond acceptors (Lipinski definition) is 4. The molecule has 6 heteroatoms. The minimum atomic E-state index is -0.589. The van der Waals surface area contributed by atoms with Crippen LogP contribution in [0.4, 0.5) is 22.7 Å². The number of primary amides is 1. The molecular weight excluding hydrogens is 288 g/mol.